The van der Waals surface area contributed by atoms with Gasteiger partial charge in [-0.25, -0.2) is 4.98 Å². The summed E-state index contributed by atoms with van der Waals surface area (Å²) in [6, 6.07) is 6.32. The molecule has 0 radical (unpaired) electrons. The van der Waals surface area contributed by atoms with E-state index in [4.69, 9.17) is 16.6 Å². The highest BCUT2D eigenvalue weighted by atomic mass is 35.5. The van der Waals surface area contributed by atoms with Gasteiger partial charge in [0.05, 0.1) is 28.5 Å². The van der Waals surface area contributed by atoms with E-state index in [2.05, 4.69) is 25.5 Å². The van der Waals surface area contributed by atoms with E-state index in [0.717, 1.165) is 25.0 Å². The van der Waals surface area contributed by atoms with Gasteiger partial charge in [-0.2, -0.15) is 13.2 Å². The van der Waals surface area contributed by atoms with Crippen LogP contribution in [0.15, 0.2) is 48.9 Å². The van der Waals surface area contributed by atoms with Gasteiger partial charge >= 0.3 is 6.18 Å². The highest BCUT2D eigenvalue weighted by Gasteiger charge is 2.30. The molecule has 1 aliphatic heterocycles. The van der Waals surface area contributed by atoms with Crippen molar-refractivity contribution in [2.45, 2.75) is 38.0 Å². The summed E-state index contributed by atoms with van der Waals surface area (Å²) < 4.78 is 39.1. The Balaban J connectivity index is 1.61. The molecule has 0 bridgehead atoms. The highest BCUT2D eigenvalue weighted by Crippen LogP contribution is 2.36. The van der Waals surface area contributed by atoms with Gasteiger partial charge < -0.3 is 15.5 Å². The van der Waals surface area contributed by atoms with Crippen LogP contribution in [0.3, 0.4) is 0 Å². The number of rotatable bonds is 6. The Kier molecular flexibility index (Phi) is 7.75. The molecule has 1 saturated heterocycles. The summed E-state index contributed by atoms with van der Waals surface area (Å²) in [6.45, 7) is 3.14. The Morgan fingerprint density at radius 3 is 2.42 bits per heavy atom. The summed E-state index contributed by atoms with van der Waals surface area (Å²) in [6.07, 6.45) is 1.75. The minimum absolute atomic E-state index is 0.0359. The van der Waals surface area contributed by atoms with Crippen LogP contribution in [0.1, 0.15) is 25.3 Å². The fourth-order valence-electron chi connectivity index (χ4n) is 4.03. The number of pyridine rings is 1. The van der Waals surface area contributed by atoms with Crippen molar-refractivity contribution in [3.05, 3.63) is 59.5 Å². The summed E-state index contributed by atoms with van der Waals surface area (Å²) in [7, 11) is 1.74. The Morgan fingerprint density at radius 2 is 1.81 bits per heavy atom. The molecule has 1 atom stereocenters. The third-order valence-corrected chi connectivity index (χ3v) is 6.57. The predicted octanol–water partition coefficient (Wildman–Crippen LogP) is 4.57. The number of hydrogen-bond donors (Lipinski definition) is 2. The monoisotopic (exact) mass is 518 g/mol. The van der Waals surface area contributed by atoms with Crippen molar-refractivity contribution in [2.24, 2.45) is 0 Å². The molecule has 1 fully saturated rings. The summed E-state index contributed by atoms with van der Waals surface area (Å²) in [4.78, 5) is 27.7. The van der Waals surface area contributed by atoms with Gasteiger partial charge in [0.1, 0.15) is 11.5 Å². The summed E-state index contributed by atoms with van der Waals surface area (Å²) in [5.41, 5.74) is 1.21. The summed E-state index contributed by atoms with van der Waals surface area (Å²) >= 11 is 6.41. The van der Waals surface area contributed by atoms with Crippen LogP contribution in [0.4, 0.5) is 19.0 Å². The molecule has 3 aromatic rings. The van der Waals surface area contributed by atoms with Crippen LogP contribution in [0, 0.1) is 0 Å². The maximum absolute atomic E-state index is 13.0. The molecule has 3 heterocycles. The normalized spacial score (nSPS) is 15.6. The molecule has 1 aliphatic rings. The smallest absolute Gasteiger partial charge is 0.355 e. The molecule has 2 aromatic heterocycles. The van der Waals surface area contributed by atoms with Crippen molar-refractivity contribution in [3.63, 3.8) is 0 Å². The van der Waals surface area contributed by atoms with Gasteiger partial charge in [-0.15, -0.1) is 0 Å². The number of benzene rings is 1. The molecule has 11 heteroatoms. The van der Waals surface area contributed by atoms with E-state index in [1.807, 2.05) is 6.92 Å². The average molecular weight is 519 g/mol. The quantitative estimate of drug-likeness (QED) is 0.497. The Hall–Kier alpha value is -3.24. The molecule has 4 rings (SSSR count). The van der Waals surface area contributed by atoms with Crippen molar-refractivity contribution < 1.29 is 18.0 Å². The van der Waals surface area contributed by atoms with Gasteiger partial charge in [0.25, 0.3) is 0 Å². The zero-order valence-electron chi connectivity index (χ0n) is 19.8. The van der Waals surface area contributed by atoms with Gasteiger partial charge in [-0.05, 0) is 45.0 Å². The van der Waals surface area contributed by atoms with Gasteiger partial charge in [-0.1, -0.05) is 23.7 Å². The molecule has 1 amide bonds. The highest BCUT2D eigenvalue weighted by molar-refractivity contribution is 6.33. The third-order valence-electron chi connectivity index (χ3n) is 6.26. The van der Waals surface area contributed by atoms with E-state index in [1.54, 1.807) is 25.5 Å². The van der Waals surface area contributed by atoms with E-state index in [0.29, 0.717) is 46.4 Å². The number of carbonyl (C=O) groups excluding carboxylic acids is 1. The molecule has 36 heavy (non-hydrogen) atoms. The van der Waals surface area contributed by atoms with E-state index < -0.39 is 11.7 Å². The van der Waals surface area contributed by atoms with E-state index >= 15 is 0 Å². The number of likely N-dealkylation sites (N-methyl/N-ethyl adjacent to an activating group) is 1. The first kappa shape index (κ1) is 25.8. The first-order chi connectivity index (χ1) is 17.2. The lowest BCUT2D eigenvalue weighted by Gasteiger charge is -2.33. The van der Waals surface area contributed by atoms with Crippen LogP contribution in [-0.2, 0) is 11.0 Å². The lowest BCUT2D eigenvalue weighted by atomic mass is 10.0. The number of anilines is 1. The van der Waals surface area contributed by atoms with Crippen molar-refractivity contribution in [1.82, 2.24) is 25.6 Å². The van der Waals surface area contributed by atoms with Crippen molar-refractivity contribution in [2.75, 3.05) is 25.0 Å². The van der Waals surface area contributed by atoms with Gasteiger partial charge in [-0.3, -0.25) is 14.8 Å². The number of piperidine rings is 1. The minimum atomic E-state index is -4.43. The first-order valence-corrected chi connectivity index (χ1v) is 11.9. The van der Waals surface area contributed by atoms with Crippen LogP contribution >= 0.6 is 11.6 Å². The van der Waals surface area contributed by atoms with Crippen LogP contribution < -0.4 is 15.5 Å². The van der Waals surface area contributed by atoms with Gasteiger partial charge in [0, 0.05) is 42.7 Å². The largest absolute Gasteiger partial charge is 0.416 e. The molecule has 190 valence electrons. The van der Waals surface area contributed by atoms with Crippen LogP contribution in [0.2, 0.25) is 5.02 Å². The molecule has 1 aromatic carbocycles. The van der Waals surface area contributed by atoms with Gasteiger partial charge in [0.2, 0.25) is 5.91 Å². The second-order valence-corrected chi connectivity index (χ2v) is 9.04. The number of nitrogens with one attached hydrogen (secondary N) is 2. The second kappa shape index (κ2) is 10.8. The maximum atomic E-state index is 13.0. The molecule has 0 saturated carbocycles. The molecule has 0 aliphatic carbocycles. The van der Waals surface area contributed by atoms with Crippen molar-refractivity contribution in [3.8, 4) is 22.5 Å². The summed E-state index contributed by atoms with van der Waals surface area (Å²) in [5, 5.41) is 6.35. The molecule has 0 unspecified atom stereocenters. The molecule has 2 N–H and O–H groups in total. The van der Waals surface area contributed by atoms with E-state index in [9.17, 15) is 18.0 Å². The maximum Gasteiger partial charge on any atom is 0.416 e. The van der Waals surface area contributed by atoms with Crippen LogP contribution in [0.25, 0.3) is 22.5 Å². The number of hydrogen-bond acceptors (Lipinski definition) is 6. The molecular formula is C25H26ClF3N6O. The standard InChI is InChI=1S/C25H26ClF3N6O/c1-15(30-2)24(36)33-18-8-11-35(12-9-18)21-14-32-22(16-3-5-17(6-4-16)25(27,28)29)23(34-21)19-7-10-31-13-20(19)26/h3-7,10,13-15,18,30H,8-9,11-12H2,1-2H3,(H,33,36)/t15-/m0/s1. The Bertz CT molecular complexity index is 1210. The number of alkyl halides is 3. The number of halogens is 4. The first-order valence-electron chi connectivity index (χ1n) is 11.5. The average Bonchev–Trinajstić information content (AvgIpc) is 2.88. The Morgan fingerprint density at radius 1 is 1.11 bits per heavy atom. The van der Waals surface area contributed by atoms with Crippen LogP contribution in [-0.4, -0.2) is 53.1 Å². The SMILES string of the molecule is CN[C@@H](C)C(=O)NC1CCN(c2cnc(-c3ccc(C(F)(F)F)cc3)c(-c3ccncc3Cl)n2)CC1. The van der Waals surface area contributed by atoms with Gasteiger partial charge in [0.15, 0.2) is 0 Å². The lowest BCUT2D eigenvalue weighted by Crippen LogP contribution is -2.49. The molecular weight excluding hydrogens is 493 g/mol. The van der Waals surface area contributed by atoms with Crippen LogP contribution in [0.5, 0.6) is 0 Å². The van der Waals surface area contributed by atoms with E-state index in [1.165, 1.54) is 18.3 Å². The zero-order chi connectivity index (χ0) is 25.9. The molecule has 0 spiro atoms. The fourth-order valence-corrected chi connectivity index (χ4v) is 4.23. The number of nitrogens with zero attached hydrogens (tertiary/aromatic N) is 4. The van der Waals surface area contributed by atoms with E-state index in [-0.39, 0.29) is 18.0 Å². The third kappa shape index (κ3) is 5.76. The van der Waals surface area contributed by atoms with Crippen molar-refractivity contribution >= 4 is 23.3 Å². The topological polar surface area (TPSA) is 83.0 Å². The lowest BCUT2D eigenvalue weighted by molar-refractivity contribution is -0.137. The second-order valence-electron chi connectivity index (χ2n) is 8.64. The fraction of sp³-hybridized carbons (Fsp3) is 0.360. The number of aromatic nitrogens is 3. The minimum Gasteiger partial charge on any atom is -0.355 e. The Labute approximate surface area is 212 Å². The number of carbonyl (C=O) groups is 1. The summed E-state index contributed by atoms with van der Waals surface area (Å²) in [5.74, 6) is 0.591. The number of amides is 1. The predicted molar refractivity (Wildman–Crippen MR) is 133 cm³/mol. The van der Waals surface area contributed by atoms with Crippen molar-refractivity contribution in [1.29, 1.82) is 0 Å². The zero-order valence-corrected chi connectivity index (χ0v) is 20.6. The molecule has 7 nitrogen and oxygen atoms in total.